The lowest BCUT2D eigenvalue weighted by atomic mass is 10.00. The van der Waals surface area contributed by atoms with Crippen molar-refractivity contribution in [1.82, 2.24) is 9.44 Å². The monoisotopic (exact) mass is 250 g/mol. The largest absolute Gasteiger partial charge is 0.409 e. The van der Waals surface area contributed by atoms with Crippen LogP contribution in [0.25, 0.3) is 0 Å². The smallest absolute Gasteiger partial charge is 0.278 e. The van der Waals surface area contributed by atoms with Crippen LogP contribution >= 0.6 is 0 Å². The van der Waals surface area contributed by atoms with Crippen LogP contribution in [0.5, 0.6) is 0 Å². The third-order valence-electron chi connectivity index (χ3n) is 2.64. The maximum absolute atomic E-state index is 11.7. The molecule has 7 nitrogen and oxygen atoms in total. The van der Waals surface area contributed by atoms with Gasteiger partial charge in [0, 0.05) is 6.04 Å². The fourth-order valence-electron chi connectivity index (χ4n) is 1.16. The quantitative estimate of drug-likeness (QED) is 0.220. The Morgan fingerprint density at radius 3 is 2.56 bits per heavy atom. The van der Waals surface area contributed by atoms with E-state index in [1.807, 2.05) is 0 Å². The highest BCUT2D eigenvalue weighted by atomic mass is 32.2. The first-order chi connectivity index (χ1) is 7.33. The van der Waals surface area contributed by atoms with Crippen LogP contribution in [0.1, 0.15) is 33.1 Å². The molecule has 1 aliphatic rings. The van der Waals surface area contributed by atoms with Crippen molar-refractivity contribution in [3.63, 3.8) is 0 Å². The standard InChI is InChI=1S/C8H18N4O3S/c1-3-8(2,7(9)10-13)12-16(14,15)11-6-4-5-6/h6,11-13H,3-5H2,1-2H3,(H2,9,10). The van der Waals surface area contributed by atoms with Gasteiger partial charge >= 0.3 is 0 Å². The predicted octanol–water partition coefficient (Wildman–Crippen LogP) is -0.512. The molecular weight excluding hydrogens is 232 g/mol. The zero-order chi connectivity index (χ0) is 12.4. The molecule has 5 N–H and O–H groups in total. The van der Waals surface area contributed by atoms with E-state index in [1.54, 1.807) is 13.8 Å². The molecule has 1 unspecified atom stereocenters. The SMILES string of the molecule is CCC(C)(NS(=O)(=O)NC1CC1)C(N)=NO. The first kappa shape index (κ1) is 13.2. The number of hydrogen-bond donors (Lipinski definition) is 4. The molecule has 0 aromatic carbocycles. The van der Waals surface area contributed by atoms with Crippen LogP contribution in [-0.2, 0) is 10.2 Å². The van der Waals surface area contributed by atoms with E-state index in [0.717, 1.165) is 12.8 Å². The molecule has 16 heavy (non-hydrogen) atoms. The van der Waals surface area contributed by atoms with Gasteiger partial charge in [-0.2, -0.15) is 17.9 Å². The minimum atomic E-state index is -3.62. The Labute approximate surface area is 95.3 Å². The topological polar surface area (TPSA) is 117 Å². The molecule has 8 heteroatoms. The van der Waals surface area contributed by atoms with Crippen LogP contribution in [0.2, 0.25) is 0 Å². The molecule has 0 saturated heterocycles. The van der Waals surface area contributed by atoms with Gasteiger partial charge in [0.2, 0.25) is 0 Å². The molecule has 1 rings (SSSR count). The van der Waals surface area contributed by atoms with Crippen LogP contribution in [0.15, 0.2) is 5.16 Å². The van der Waals surface area contributed by atoms with E-state index in [2.05, 4.69) is 14.6 Å². The van der Waals surface area contributed by atoms with E-state index in [1.165, 1.54) is 0 Å². The van der Waals surface area contributed by atoms with E-state index in [9.17, 15) is 8.42 Å². The summed E-state index contributed by atoms with van der Waals surface area (Å²) in [5.74, 6) is -0.156. The zero-order valence-corrected chi connectivity index (χ0v) is 10.2. The number of oxime groups is 1. The summed E-state index contributed by atoms with van der Waals surface area (Å²) in [7, 11) is -3.62. The highest BCUT2D eigenvalue weighted by Crippen LogP contribution is 2.20. The highest BCUT2D eigenvalue weighted by molar-refractivity contribution is 7.87. The number of amidine groups is 1. The maximum atomic E-state index is 11.7. The molecule has 0 amide bonds. The second kappa shape index (κ2) is 4.56. The van der Waals surface area contributed by atoms with Crippen LogP contribution in [0.4, 0.5) is 0 Å². The first-order valence-corrected chi connectivity index (χ1v) is 6.60. The Bertz CT molecular complexity index is 377. The van der Waals surface area contributed by atoms with Gasteiger partial charge in [0.1, 0.15) is 0 Å². The van der Waals surface area contributed by atoms with Crippen LogP contribution in [0.3, 0.4) is 0 Å². The van der Waals surface area contributed by atoms with Crippen molar-refractivity contribution in [2.24, 2.45) is 10.9 Å². The summed E-state index contributed by atoms with van der Waals surface area (Å²) in [4.78, 5) is 0. The minimum absolute atomic E-state index is 0.0193. The summed E-state index contributed by atoms with van der Waals surface area (Å²) in [6.07, 6.45) is 2.09. The van der Waals surface area contributed by atoms with Gasteiger partial charge in [-0.1, -0.05) is 12.1 Å². The fourth-order valence-corrected chi connectivity index (χ4v) is 2.74. The van der Waals surface area contributed by atoms with Gasteiger partial charge in [0.15, 0.2) is 5.84 Å². The summed E-state index contributed by atoms with van der Waals surface area (Å²) >= 11 is 0. The molecule has 1 saturated carbocycles. The fraction of sp³-hybridized carbons (Fsp3) is 0.875. The van der Waals surface area contributed by atoms with Crippen molar-refractivity contribution in [3.05, 3.63) is 0 Å². The van der Waals surface area contributed by atoms with Crippen molar-refractivity contribution in [2.45, 2.75) is 44.7 Å². The van der Waals surface area contributed by atoms with Crippen molar-refractivity contribution in [2.75, 3.05) is 0 Å². The zero-order valence-electron chi connectivity index (χ0n) is 9.40. The van der Waals surface area contributed by atoms with E-state index < -0.39 is 15.7 Å². The number of nitrogens with one attached hydrogen (secondary N) is 2. The second-order valence-electron chi connectivity index (χ2n) is 4.17. The van der Waals surface area contributed by atoms with Gasteiger partial charge in [-0.3, -0.25) is 0 Å². The molecule has 0 spiro atoms. The van der Waals surface area contributed by atoms with Gasteiger partial charge in [-0.05, 0) is 26.2 Å². The number of nitrogens with zero attached hydrogens (tertiary/aromatic N) is 1. The lowest BCUT2D eigenvalue weighted by Gasteiger charge is -2.27. The Hall–Kier alpha value is -0.860. The van der Waals surface area contributed by atoms with Crippen molar-refractivity contribution >= 4 is 16.0 Å². The van der Waals surface area contributed by atoms with Gasteiger partial charge in [-0.15, -0.1) is 0 Å². The lowest BCUT2D eigenvalue weighted by molar-refractivity contribution is 0.310. The van der Waals surface area contributed by atoms with Crippen molar-refractivity contribution in [1.29, 1.82) is 0 Å². The molecular formula is C8H18N4O3S. The van der Waals surface area contributed by atoms with Crippen molar-refractivity contribution in [3.8, 4) is 0 Å². The second-order valence-corrected chi connectivity index (χ2v) is 5.62. The third-order valence-corrected chi connectivity index (χ3v) is 4.00. The van der Waals surface area contributed by atoms with Crippen LogP contribution in [-0.4, -0.2) is 31.0 Å². The van der Waals surface area contributed by atoms with Gasteiger partial charge in [0.05, 0.1) is 5.54 Å². The first-order valence-electron chi connectivity index (χ1n) is 5.12. The van der Waals surface area contributed by atoms with Crippen LogP contribution in [0, 0.1) is 0 Å². The highest BCUT2D eigenvalue weighted by Gasteiger charge is 2.35. The normalized spacial score (nSPS) is 21.8. The van der Waals surface area contributed by atoms with E-state index >= 15 is 0 Å². The Kier molecular flexibility index (Phi) is 3.76. The van der Waals surface area contributed by atoms with Crippen molar-refractivity contribution < 1.29 is 13.6 Å². The molecule has 94 valence electrons. The molecule has 0 aromatic heterocycles. The Morgan fingerprint density at radius 2 is 2.19 bits per heavy atom. The molecule has 0 bridgehead atoms. The summed E-state index contributed by atoms with van der Waals surface area (Å²) in [6.45, 7) is 3.31. The summed E-state index contributed by atoms with van der Waals surface area (Å²) in [6, 6.07) is 0.0193. The molecule has 0 heterocycles. The molecule has 0 aromatic rings. The Balaban J connectivity index is 2.75. The van der Waals surface area contributed by atoms with E-state index in [-0.39, 0.29) is 11.9 Å². The lowest BCUT2D eigenvalue weighted by Crippen LogP contribution is -2.57. The molecule has 0 radical (unpaired) electrons. The molecule has 1 fully saturated rings. The van der Waals surface area contributed by atoms with Gasteiger partial charge in [0.25, 0.3) is 10.2 Å². The molecule has 0 aliphatic heterocycles. The Morgan fingerprint density at radius 1 is 1.62 bits per heavy atom. The maximum Gasteiger partial charge on any atom is 0.278 e. The number of nitrogens with two attached hydrogens (primary N) is 1. The molecule has 1 atom stereocenters. The number of rotatable bonds is 6. The average molecular weight is 250 g/mol. The summed E-state index contributed by atoms with van der Waals surface area (Å²) in [5, 5.41) is 11.5. The average Bonchev–Trinajstić information content (AvgIpc) is 2.98. The van der Waals surface area contributed by atoms with E-state index in [4.69, 9.17) is 10.9 Å². The summed E-state index contributed by atoms with van der Waals surface area (Å²) in [5.41, 5.74) is 4.39. The molecule has 1 aliphatic carbocycles. The number of hydrogen-bond acceptors (Lipinski definition) is 4. The third kappa shape index (κ3) is 3.32. The van der Waals surface area contributed by atoms with Gasteiger partial charge in [-0.25, -0.2) is 0 Å². The summed E-state index contributed by atoms with van der Waals surface area (Å²) < 4.78 is 28.2. The van der Waals surface area contributed by atoms with E-state index in [0.29, 0.717) is 6.42 Å². The van der Waals surface area contributed by atoms with Crippen LogP contribution < -0.4 is 15.2 Å². The van der Waals surface area contributed by atoms with Gasteiger partial charge < -0.3 is 10.9 Å². The minimum Gasteiger partial charge on any atom is -0.409 e. The predicted molar refractivity (Wildman–Crippen MR) is 60.3 cm³/mol.